The quantitative estimate of drug-likeness (QED) is 0.808. The fourth-order valence-electron chi connectivity index (χ4n) is 1.96. The normalized spacial score (nSPS) is 16.9. The second-order valence-corrected chi connectivity index (χ2v) is 6.15. The van der Waals surface area contributed by atoms with Crippen molar-refractivity contribution in [2.45, 2.75) is 39.4 Å². The molecule has 0 aliphatic carbocycles. The number of hydrogen-bond acceptors (Lipinski definition) is 3. The van der Waals surface area contributed by atoms with Crippen molar-refractivity contribution < 1.29 is 0 Å². The molecule has 2 nitrogen and oxygen atoms in total. The Hall–Kier alpha value is -0.640. The molecule has 0 amide bonds. The molecule has 0 aromatic carbocycles. The zero-order valence-corrected chi connectivity index (χ0v) is 11.6. The third-order valence-electron chi connectivity index (χ3n) is 2.92. The zero-order valence-electron chi connectivity index (χ0n) is 10.8. The van der Waals surface area contributed by atoms with Crippen LogP contribution in [-0.4, -0.2) is 24.0 Å². The van der Waals surface area contributed by atoms with Crippen LogP contribution in [0.3, 0.4) is 0 Å². The largest absolute Gasteiger partial charge is 0.310 e. The Morgan fingerprint density at radius 2 is 2.12 bits per heavy atom. The average molecular weight is 250 g/mol. The molecule has 1 aromatic rings. The van der Waals surface area contributed by atoms with E-state index in [2.05, 4.69) is 48.3 Å². The van der Waals surface area contributed by atoms with Crippen molar-refractivity contribution in [1.29, 1.82) is 0 Å². The van der Waals surface area contributed by atoms with E-state index in [1.807, 2.05) is 11.3 Å². The van der Waals surface area contributed by atoms with Crippen LogP contribution in [0.15, 0.2) is 24.3 Å². The summed E-state index contributed by atoms with van der Waals surface area (Å²) in [7, 11) is 0. The minimum atomic E-state index is 0.563. The highest BCUT2D eigenvalue weighted by Gasteiger charge is 2.08. The van der Waals surface area contributed by atoms with Gasteiger partial charge in [0.2, 0.25) is 0 Å². The molecule has 2 rings (SSSR count). The van der Waals surface area contributed by atoms with Crippen molar-refractivity contribution in [3.8, 4) is 0 Å². The lowest BCUT2D eigenvalue weighted by molar-refractivity contribution is 0.293. The molecule has 0 radical (unpaired) electrons. The van der Waals surface area contributed by atoms with Gasteiger partial charge in [-0.2, -0.15) is 0 Å². The molecule has 0 unspecified atom stereocenters. The maximum atomic E-state index is 3.46. The number of nitrogens with one attached hydrogen (secondary N) is 1. The van der Waals surface area contributed by atoms with Gasteiger partial charge in [-0.1, -0.05) is 26.0 Å². The lowest BCUT2D eigenvalue weighted by atomic mass is 10.2. The smallest absolute Gasteiger partial charge is 0.0331 e. The minimum absolute atomic E-state index is 0.563. The van der Waals surface area contributed by atoms with E-state index in [9.17, 15) is 0 Å². The molecule has 2 heterocycles. The third kappa shape index (κ3) is 4.26. The third-order valence-corrected chi connectivity index (χ3v) is 3.99. The summed E-state index contributed by atoms with van der Waals surface area (Å²) < 4.78 is 0. The Bertz CT molecular complexity index is 368. The van der Waals surface area contributed by atoms with E-state index in [0.717, 1.165) is 19.6 Å². The molecule has 1 aromatic heterocycles. The predicted octanol–water partition coefficient (Wildman–Crippen LogP) is 3.01. The Kier molecular flexibility index (Phi) is 4.77. The molecule has 1 aliphatic rings. The number of rotatable bonds is 5. The monoisotopic (exact) mass is 250 g/mol. The van der Waals surface area contributed by atoms with Crippen LogP contribution in [0.4, 0.5) is 0 Å². The predicted molar refractivity (Wildman–Crippen MR) is 75.3 cm³/mol. The van der Waals surface area contributed by atoms with Crippen molar-refractivity contribution in [2.75, 3.05) is 13.1 Å². The Balaban J connectivity index is 1.83. The molecule has 94 valence electrons. The molecule has 0 saturated carbocycles. The highest BCUT2D eigenvalue weighted by Crippen LogP contribution is 2.19. The molecule has 1 aliphatic heterocycles. The van der Waals surface area contributed by atoms with Gasteiger partial charge >= 0.3 is 0 Å². The highest BCUT2D eigenvalue weighted by molar-refractivity contribution is 7.11. The van der Waals surface area contributed by atoms with Crippen LogP contribution in [0.5, 0.6) is 0 Å². The second-order valence-electron chi connectivity index (χ2n) is 4.90. The van der Waals surface area contributed by atoms with E-state index < -0.39 is 0 Å². The Labute approximate surface area is 108 Å². The molecule has 1 N–H and O–H groups in total. The van der Waals surface area contributed by atoms with Gasteiger partial charge < -0.3 is 5.32 Å². The zero-order chi connectivity index (χ0) is 12.1. The van der Waals surface area contributed by atoms with E-state index in [-0.39, 0.29) is 0 Å². The van der Waals surface area contributed by atoms with E-state index in [4.69, 9.17) is 0 Å². The molecular formula is C14H22N2S. The molecule has 0 bridgehead atoms. The number of thiophene rings is 1. The van der Waals surface area contributed by atoms with Crippen LogP contribution >= 0.6 is 11.3 Å². The van der Waals surface area contributed by atoms with Gasteiger partial charge in [-0.3, -0.25) is 4.90 Å². The summed E-state index contributed by atoms with van der Waals surface area (Å²) in [6, 6.07) is 5.10. The van der Waals surface area contributed by atoms with Gasteiger partial charge in [0.05, 0.1) is 0 Å². The topological polar surface area (TPSA) is 15.3 Å². The lowest BCUT2D eigenvalue weighted by Gasteiger charge is -2.21. The molecule has 3 heteroatoms. The number of hydrogen-bond donors (Lipinski definition) is 1. The molecular weight excluding hydrogens is 228 g/mol. The van der Waals surface area contributed by atoms with Gasteiger partial charge in [-0.25, -0.2) is 0 Å². The fourth-order valence-corrected chi connectivity index (χ4v) is 2.97. The summed E-state index contributed by atoms with van der Waals surface area (Å²) in [6.07, 6.45) is 5.76. The van der Waals surface area contributed by atoms with Gasteiger partial charge in [-0.15, -0.1) is 11.3 Å². The molecule has 0 fully saturated rings. The first-order chi connectivity index (χ1) is 8.24. The Morgan fingerprint density at radius 1 is 1.29 bits per heavy atom. The van der Waals surface area contributed by atoms with Crippen LogP contribution in [0.2, 0.25) is 0 Å². The summed E-state index contributed by atoms with van der Waals surface area (Å²) in [4.78, 5) is 5.44. The van der Waals surface area contributed by atoms with Crippen molar-refractivity contribution in [3.05, 3.63) is 34.0 Å². The summed E-state index contributed by atoms with van der Waals surface area (Å²) in [5, 5.41) is 3.46. The Morgan fingerprint density at radius 3 is 2.82 bits per heavy atom. The van der Waals surface area contributed by atoms with E-state index in [0.29, 0.717) is 6.04 Å². The fraction of sp³-hybridized carbons (Fsp3) is 0.571. The summed E-state index contributed by atoms with van der Waals surface area (Å²) in [5.41, 5.74) is 0. The van der Waals surface area contributed by atoms with Crippen LogP contribution in [0.25, 0.3) is 0 Å². The minimum Gasteiger partial charge on any atom is -0.310 e. The average Bonchev–Trinajstić information content (AvgIpc) is 2.75. The van der Waals surface area contributed by atoms with Crippen molar-refractivity contribution in [2.24, 2.45) is 0 Å². The van der Waals surface area contributed by atoms with E-state index >= 15 is 0 Å². The number of nitrogens with zero attached hydrogens (tertiary/aromatic N) is 1. The SMILES string of the molecule is CC(C)NCc1ccc(CN2CC=CCC2)s1. The lowest BCUT2D eigenvalue weighted by Crippen LogP contribution is -2.26. The summed E-state index contributed by atoms with van der Waals surface area (Å²) >= 11 is 1.94. The van der Waals surface area contributed by atoms with E-state index in [1.165, 1.54) is 22.7 Å². The first-order valence-corrected chi connectivity index (χ1v) is 7.24. The van der Waals surface area contributed by atoms with Gasteiger partial charge in [-0.05, 0) is 18.6 Å². The molecule has 0 atom stereocenters. The van der Waals surface area contributed by atoms with Gasteiger partial charge in [0.1, 0.15) is 0 Å². The van der Waals surface area contributed by atoms with Gasteiger partial charge in [0.15, 0.2) is 0 Å². The maximum absolute atomic E-state index is 3.46. The van der Waals surface area contributed by atoms with Crippen molar-refractivity contribution >= 4 is 11.3 Å². The van der Waals surface area contributed by atoms with Crippen molar-refractivity contribution in [1.82, 2.24) is 10.2 Å². The second kappa shape index (κ2) is 6.34. The molecule has 17 heavy (non-hydrogen) atoms. The van der Waals surface area contributed by atoms with Crippen LogP contribution < -0.4 is 5.32 Å². The van der Waals surface area contributed by atoms with Gasteiger partial charge in [0, 0.05) is 42.0 Å². The summed E-state index contributed by atoms with van der Waals surface area (Å²) in [6.45, 7) is 8.80. The summed E-state index contributed by atoms with van der Waals surface area (Å²) in [5.74, 6) is 0. The van der Waals surface area contributed by atoms with Crippen molar-refractivity contribution in [3.63, 3.8) is 0 Å². The first kappa shape index (κ1) is 12.8. The standard InChI is InChI=1S/C14H22N2S/c1-12(2)15-10-13-6-7-14(17-13)11-16-8-4-3-5-9-16/h3-4,6-7,12,15H,5,8-11H2,1-2H3. The van der Waals surface area contributed by atoms with Crippen LogP contribution in [0.1, 0.15) is 30.0 Å². The van der Waals surface area contributed by atoms with E-state index in [1.54, 1.807) is 0 Å². The highest BCUT2D eigenvalue weighted by atomic mass is 32.1. The van der Waals surface area contributed by atoms with Crippen LogP contribution in [-0.2, 0) is 13.1 Å². The van der Waals surface area contributed by atoms with Crippen LogP contribution in [0, 0.1) is 0 Å². The van der Waals surface area contributed by atoms with Gasteiger partial charge in [0.25, 0.3) is 0 Å². The molecule has 0 saturated heterocycles. The first-order valence-electron chi connectivity index (χ1n) is 6.42. The molecule has 0 spiro atoms. The maximum Gasteiger partial charge on any atom is 0.0331 e.